The molecule has 1 aromatic heterocycles. The van der Waals surface area contributed by atoms with Gasteiger partial charge in [-0.25, -0.2) is 9.37 Å². The predicted molar refractivity (Wildman–Crippen MR) is 66.0 cm³/mol. The molecular weight excluding hydrogens is 237 g/mol. The Labute approximate surface area is 103 Å². The van der Waals surface area contributed by atoms with Crippen LogP contribution < -0.4 is 0 Å². The average Bonchev–Trinajstić information content (AvgIpc) is 2.78. The van der Waals surface area contributed by atoms with Gasteiger partial charge in [-0.2, -0.15) is 0 Å². The molecule has 0 amide bonds. The van der Waals surface area contributed by atoms with E-state index in [1.807, 2.05) is 13.8 Å². The Bertz CT molecular complexity index is 531. The molecule has 88 valence electrons. The number of rotatable bonds is 3. The maximum Gasteiger partial charge on any atom is 0.212 e. The van der Waals surface area contributed by atoms with Crippen molar-refractivity contribution >= 4 is 17.1 Å². The van der Waals surface area contributed by atoms with Gasteiger partial charge in [0.05, 0.1) is 5.01 Å². The summed E-state index contributed by atoms with van der Waals surface area (Å²) in [6.45, 7) is 4.07. The number of aromatic nitrogens is 1. The first-order chi connectivity index (χ1) is 8.08. The third-order valence-electron chi connectivity index (χ3n) is 2.35. The summed E-state index contributed by atoms with van der Waals surface area (Å²) in [7, 11) is 0. The van der Waals surface area contributed by atoms with Crippen molar-refractivity contribution in [3.8, 4) is 0 Å². The van der Waals surface area contributed by atoms with Crippen LogP contribution in [-0.4, -0.2) is 10.8 Å². The maximum atomic E-state index is 12.7. The summed E-state index contributed by atoms with van der Waals surface area (Å²) in [6, 6.07) is 5.52. The van der Waals surface area contributed by atoms with E-state index < -0.39 is 0 Å². The third kappa shape index (κ3) is 2.58. The van der Waals surface area contributed by atoms with Crippen LogP contribution in [0, 0.1) is 5.82 Å². The smallest absolute Gasteiger partial charge is 0.212 e. The number of benzene rings is 1. The van der Waals surface area contributed by atoms with Gasteiger partial charge in [-0.15, -0.1) is 11.3 Å². The number of ketones is 1. The van der Waals surface area contributed by atoms with Gasteiger partial charge in [-0.05, 0) is 24.3 Å². The van der Waals surface area contributed by atoms with E-state index in [0.29, 0.717) is 17.2 Å². The van der Waals surface area contributed by atoms with E-state index in [1.165, 1.54) is 35.6 Å². The summed E-state index contributed by atoms with van der Waals surface area (Å²) in [6.07, 6.45) is 0. The van der Waals surface area contributed by atoms with Crippen LogP contribution in [0.3, 0.4) is 0 Å². The Morgan fingerprint density at radius 1 is 1.29 bits per heavy atom. The quantitative estimate of drug-likeness (QED) is 0.777. The van der Waals surface area contributed by atoms with E-state index in [4.69, 9.17) is 0 Å². The van der Waals surface area contributed by atoms with Gasteiger partial charge in [0.15, 0.2) is 0 Å². The van der Waals surface area contributed by atoms with Crippen LogP contribution in [0.4, 0.5) is 4.39 Å². The summed E-state index contributed by atoms with van der Waals surface area (Å²) in [4.78, 5) is 16.3. The van der Waals surface area contributed by atoms with E-state index in [-0.39, 0.29) is 11.6 Å². The van der Waals surface area contributed by atoms with Crippen molar-refractivity contribution in [3.63, 3.8) is 0 Å². The Morgan fingerprint density at radius 2 is 1.94 bits per heavy atom. The lowest BCUT2D eigenvalue weighted by molar-refractivity contribution is 0.103. The number of nitrogens with zero attached hydrogens (tertiary/aromatic N) is 1. The number of carbonyl (C=O) groups excluding carboxylic acids is 1. The molecule has 1 heterocycles. The first-order valence-corrected chi connectivity index (χ1v) is 6.21. The van der Waals surface area contributed by atoms with Crippen LogP contribution in [0.1, 0.15) is 40.8 Å². The molecule has 0 N–H and O–H groups in total. The molecule has 0 saturated heterocycles. The van der Waals surface area contributed by atoms with E-state index in [2.05, 4.69) is 4.98 Å². The first-order valence-electron chi connectivity index (χ1n) is 5.33. The fourth-order valence-corrected chi connectivity index (χ4v) is 2.22. The average molecular weight is 249 g/mol. The molecule has 17 heavy (non-hydrogen) atoms. The highest BCUT2D eigenvalue weighted by molar-refractivity contribution is 7.09. The van der Waals surface area contributed by atoms with Gasteiger partial charge >= 0.3 is 0 Å². The molecule has 0 saturated carbocycles. The Kier molecular flexibility index (Phi) is 3.33. The largest absolute Gasteiger partial charge is 0.287 e. The summed E-state index contributed by atoms with van der Waals surface area (Å²) in [5.74, 6) is -0.189. The molecular formula is C13H12FNOS. The zero-order valence-corrected chi connectivity index (χ0v) is 10.4. The molecule has 0 aliphatic rings. The number of carbonyl (C=O) groups is 1. The molecule has 0 aliphatic heterocycles. The van der Waals surface area contributed by atoms with Crippen molar-refractivity contribution in [2.45, 2.75) is 19.8 Å². The molecule has 0 bridgehead atoms. The predicted octanol–water partition coefficient (Wildman–Crippen LogP) is 3.64. The van der Waals surface area contributed by atoms with E-state index in [9.17, 15) is 9.18 Å². The number of halogens is 1. The first kappa shape index (κ1) is 11.9. The van der Waals surface area contributed by atoms with Crippen molar-refractivity contribution in [1.29, 1.82) is 0 Å². The second-order valence-corrected chi connectivity index (χ2v) is 4.95. The van der Waals surface area contributed by atoms with Gasteiger partial charge in [0.1, 0.15) is 11.5 Å². The SMILES string of the molecule is CC(C)c1nc(C(=O)c2ccc(F)cc2)cs1. The lowest BCUT2D eigenvalue weighted by Crippen LogP contribution is -2.02. The second-order valence-electron chi connectivity index (χ2n) is 4.06. The Hall–Kier alpha value is -1.55. The normalized spacial score (nSPS) is 10.8. The Balaban J connectivity index is 2.27. The third-order valence-corrected chi connectivity index (χ3v) is 3.50. The summed E-state index contributed by atoms with van der Waals surface area (Å²) < 4.78 is 12.7. The van der Waals surface area contributed by atoms with E-state index >= 15 is 0 Å². The van der Waals surface area contributed by atoms with Crippen LogP contribution in [-0.2, 0) is 0 Å². The van der Waals surface area contributed by atoms with Crippen LogP contribution in [0.15, 0.2) is 29.6 Å². The number of hydrogen-bond acceptors (Lipinski definition) is 3. The molecule has 4 heteroatoms. The number of hydrogen-bond donors (Lipinski definition) is 0. The van der Waals surface area contributed by atoms with Crippen LogP contribution in [0.2, 0.25) is 0 Å². The zero-order chi connectivity index (χ0) is 12.4. The fourth-order valence-electron chi connectivity index (χ4n) is 1.41. The molecule has 0 unspecified atom stereocenters. The van der Waals surface area contributed by atoms with Gasteiger partial charge in [-0.1, -0.05) is 13.8 Å². The van der Waals surface area contributed by atoms with Crippen molar-refractivity contribution in [3.05, 3.63) is 51.7 Å². The molecule has 2 nitrogen and oxygen atoms in total. The minimum absolute atomic E-state index is 0.159. The van der Waals surface area contributed by atoms with E-state index in [1.54, 1.807) is 5.38 Å². The molecule has 0 fully saturated rings. The molecule has 0 spiro atoms. The Morgan fingerprint density at radius 3 is 2.47 bits per heavy atom. The number of thiazole rings is 1. The van der Waals surface area contributed by atoms with Gasteiger partial charge in [0, 0.05) is 16.9 Å². The lowest BCUT2D eigenvalue weighted by atomic mass is 10.1. The monoisotopic (exact) mass is 249 g/mol. The minimum atomic E-state index is -0.345. The van der Waals surface area contributed by atoms with Crippen molar-refractivity contribution in [2.75, 3.05) is 0 Å². The summed E-state index contributed by atoms with van der Waals surface area (Å²) in [5.41, 5.74) is 0.900. The van der Waals surface area contributed by atoms with E-state index in [0.717, 1.165) is 5.01 Å². The molecule has 2 rings (SSSR count). The fraction of sp³-hybridized carbons (Fsp3) is 0.231. The van der Waals surface area contributed by atoms with Crippen molar-refractivity contribution in [2.24, 2.45) is 0 Å². The minimum Gasteiger partial charge on any atom is -0.287 e. The van der Waals surface area contributed by atoms with Crippen molar-refractivity contribution in [1.82, 2.24) is 4.98 Å². The highest BCUT2D eigenvalue weighted by Gasteiger charge is 2.14. The summed E-state index contributed by atoms with van der Waals surface area (Å²) >= 11 is 1.48. The second kappa shape index (κ2) is 4.75. The maximum absolute atomic E-state index is 12.7. The molecule has 0 aliphatic carbocycles. The van der Waals surface area contributed by atoms with Gasteiger partial charge in [0.25, 0.3) is 0 Å². The highest BCUT2D eigenvalue weighted by Crippen LogP contribution is 2.20. The topological polar surface area (TPSA) is 30.0 Å². The van der Waals surface area contributed by atoms with Crippen molar-refractivity contribution < 1.29 is 9.18 Å². The standard InChI is InChI=1S/C13H12FNOS/c1-8(2)13-15-11(7-17-13)12(16)9-3-5-10(14)6-4-9/h3-8H,1-2H3. The van der Waals surface area contributed by atoms with Gasteiger partial charge in [0.2, 0.25) is 5.78 Å². The summed E-state index contributed by atoms with van der Waals surface area (Å²) in [5, 5.41) is 2.69. The van der Waals surface area contributed by atoms with Crippen LogP contribution in [0.5, 0.6) is 0 Å². The molecule has 0 radical (unpaired) electrons. The molecule has 1 aromatic carbocycles. The molecule has 2 aromatic rings. The van der Waals surface area contributed by atoms with Crippen LogP contribution >= 0.6 is 11.3 Å². The van der Waals surface area contributed by atoms with Gasteiger partial charge < -0.3 is 0 Å². The van der Waals surface area contributed by atoms with Gasteiger partial charge in [-0.3, -0.25) is 4.79 Å². The molecule has 0 atom stereocenters. The highest BCUT2D eigenvalue weighted by atomic mass is 32.1. The van der Waals surface area contributed by atoms with Crippen LogP contribution in [0.25, 0.3) is 0 Å². The zero-order valence-electron chi connectivity index (χ0n) is 9.61. The lowest BCUT2D eigenvalue weighted by Gasteiger charge is -1.98.